The first-order chi connectivity index (χ1) is 12.7. The van der Waals surface area contributed by atoms with Crippen molar-refractivity contribution >= 4 is 11.8 Å². The summed E-state index contributed by atoms with van der Waals surface area (Å²) >= 11 is 0. The predicted molar refractivity (Wildman–Crippen MR) is 89.5 cm³/mol. The number of amides is 2. The van der Waals surface area contributed by atoms with Gasteiger partial charge in [-0.05, 0) is 17.7 Å². The number of carbonyl (C=O) groups excluding carboxylic acids is 2. The number of nitrogens with zero attached hydrogens (tertiary/aromatic N) is 4. The molecule has 9 heteroatoms. The molecular formula is C17H21N5O4. The van der Waals surface area contributed by atoms with E-state index in [2.05, 4.69) is 20.4 Å². The van der Waals surface area contributed by atoms with Gasteiger partial charge in [-0.2, -0.15) is 4.98 Å². The van der Waals surface area contributed by atoms with Crippen LogP contribution in [-0.4, -0.2) is 52.0 Å². The molecule has 2 amide bonds. The van der Waals surface area contributed by atoms with Crippen molar-refractivity contribution < 1.29 is 18.8 Å². The van der Waals surface area contributed by atoms with E-state index in [4.69, 9.17) is 9.26 Å². The zero-order valence-electron chi connectivity index (χ0n) is 14.6. The molecule has 26 heavy (non-hydrogen) atoms. The molecule has 1 saturated heterocycles. The van der Waals surface area contributed by atoms with Crippen LogP contribution in [0, 0.1) is 5.92 Å². The summed E-state index contributed by atoms with van der Waals surface area (Å²) in [6.07, 6.45) is 4.05. The van der Waals surface area contributed by atoms with Crippen LogP contribution in [0.15, 0.2) is 29.0 Å². The lowest BCUT2D eigenvalue weighted by Gasteiger charge is -2.16. The molecule has 1 N–H and O–H groups in total. The maximum atomic E-state index is 12.3. The van der Waals surface area contributed by atoms with Gasteiger partial charge in [0.1, 0.15) is 6.61 Å². The summed E-state index contributed by atoms with van der Waals surface area (Å²) in [6, 6.07) is 3.73. The van der Waals surface area contributed by atoms with Crippen LogP contribution in [0.25, 0.3) is 0 Å². The molecule has 3 rings (SSSR count). The van der Waals surface area contributed by atoms with Crippen LogP contribution in [0.2, 0.25) is 0 Å². The average Bonchev–Trinajstić information content (AvgIpc) is 3.23. The van der Waals surface area contributed by atoms with Crippen molar-refractivity contribution in [1.82, 2.24) is 25.3 Å². The van der Waals surface area contributed by atoms with E-state index < -0.39 is 0 Å². The molecule has 1 fully saturated rings. The number of rotatable bonds is 8. The Morgan fingerprint density at radius 1 is 1.42 bits per heavy atom. The molecule has 0 bridgehead atoms. The molecule has 1 atom stereocenters. The van der Waals surface area contributed by atoms with Crippen LogP contribution < -0.4 is 5.32 Å². The van der Waals surface area contributed by atoms with Crippen molar-refractivity contribution in [2.45, 2.75) is 26.0 Å². The van der Waals surface area contributed by atoms with Crippen LogP contribution >= 0.6 is 0 Å². The number of likely N-dealkylation sites (tertiary alicyclic amines) is 1. The Morgan fingerprint density at radius 3 is 3.00 bits per heavy atom. The molecule has 2 aromatic rings. The lowest BCUT2D eigenvalue weighted by Crippen LogP contribution is -2.34. The zero-order chi connectivity index (χ0) is 18.4. The molecule has 0 aromatic carbocycles. The average molecular weight is 359 g/mol. The van der Waals surface area contributed by atoms with Gasteiger partial charge < -0.3 is 19.5 Å². The first-order valence-corrected chi connectivity index (χ1v) is 8.40. The Morgan fingerprint density at radius 2 is 2.23 bits per heavy atom. The third-order valence-electron chi connectivity index (χ3n) is 4.13. The minimum Gasteiger partial charge on any atom is -0.377 e. The van der Waals surface area contributed by atoms with Gasteiger partial charge in [-0.1, -0.05) is 5.16 Å². The summed E-state index contributed by atoms with van der Waals surface area (Å²) in [7, 11) is 1.55. The number of hydrogen-bond donors (Lipinski definition) is 1. The molecule has 0 saturated carbocycles. The van der Waals surface area contributed by atoms with Crippen molar-refractivity contribution in [3.8, 4) is 0 Å². The normalized spacial score (nSPS) is 16.9. The van der Waals surface area contributed by atoms with Crippen LogP contribution in [0.4, 0.5) is 0 Å². The monoisotopic (exact) mass is 359 g/mol. The molecule has 2 aromatic heterocycles. The first kappa shape index (κ1) is 18.0. The number of carbonyl (C=O) groups is 2. The second-order valence-corrected chi connectivity index (χ2v) is 6.11. The van der Waals surface area contributed by atoms with E-state index >= 15 is 0 Å². The smallest absolute Gasteiger partial charge is 0.228 e. The van der Waals surface area contributed by atoms with Gasteiger partial charge in [-0.15, -0.1) is 0 Å². The van der Waals surface area contributed by atoms with E-state index in [1.54, 1.807) is 24.4 Å². The van der Waals surface area contributed by atoms with Crippen molar-refractivity contribution in [2.75, 3.05) is 20.2 Å². The zero-order valence-corrected chi connectivity index (χ0v) is 14.6. The Hall–Kier alpha value is -2.81. The maximum Gasteiger partial charge on any atom is 0.228 e. The van der Waals surface area contributed by atoms with Gasteiger partial charge in [0, 0.05) is 52.0 Å². The Labute approximate surface area is 150 Å². The second-order valence-electron chi connectivity index (χ2n) is 6.11. The van der Waals surface area contributed by atoms with Crippen molar-refractivity contribution in [2.24, 2.45) is 5.92 Å². The molecule has 1 aliphatic rings. The second kappa shape index (κ2) is 8.52. The van der Waals surface area contributed by atoms with Crippen molar-refractivity contribution in [1.29, 1.82) is 0 Å². The van der Waals surface area contributed by atoms with Gasteiger partial charge in [0.05, 0.1) is 5.92 Å². The largest absolute Gasteiger partial charge is 0.377 e. The summed E-state index contributed by atoms with van der Waals surface area (Å²) in [5.41, 5.74) is 0.998. The maximum absolute atomic E-state index is 12.3. The van der Waals surface area contributed by atoms with Gasteiger partial charge in [0.2, 0.25) is 17.7 Å². The van der Waals surface area contributed by atoms with Gasteiger partial charge in [-0.25, -0.2) is 0 Å². The number of methoxy groups -OCH3 is 1. The fraction of sp³-hybridized carbons (Fsp3) is 0.471. The van der Waals surface area contributed by atoms with E-state index in [1.807, 2.05) is 12.1 Å². The molecule has 138 valence electrons. The van der Waals surface area contributed by atoms with Gasteiger partial charge >= 0.3 is 0 Å². The van der Waals surface area contributed by atoms with Crippen LogP contribution in [0.5, 0.6) is 0 Å². The van der Waals surface area contributed by atoms with E-state index in [9.17, 15) is 9.59 Å². The SMILES string of the molecule is COCc1noc(CCNC(=O)C2CC(=O)N(Cc3ccncc3)C2)n1. The highest BCUT2D eigenvalue weighted by Gasteiger charge is 2.34. The molecular weight excluding hydrogens is 338 g/mol. The first-order valence-electron chi connectivity index (χ1n) is 8.40. The molecule has 3 heterocycles. The van der Waals surface area contributed by atoms with Gasteiger partial charge in [-0.3, -0.25) is 14.6 Å². The molecule has 0 aliphatic carbocycles. The van der Waals surface area contributed by atoms with Crippen molar-refractivity contribution in [3.63, 3.8) is 0 Å². The van der Waals surface area contributed by atoms with Crippen molar-refractivity contribution in [3.05, 3.63) is 41.8 Å². The fourth-order valence-corrected chi connectivity index (χ4v) is 2.83. The highest BCUT2D eigenvalue weighted by Crippen LogP contribution is 2.20. The highest BCUT2D eigenvalue weighted by atomic mass is 16.5. The molecule has 1 aliphatic heterocycles. The third kappa shape index (κ3) is 4.63. The van der Waals surface area contributed by atoms with Crippen LogP contribution in [0.1, 0.15) is 23.7 Å². The van der Waals surface area contributed by atoms with E-state index in [1.165, 1.54) is 0 Å². The number of ether oxygens (including phenoxy) is 1. The summed E-state index contributed by atoms with van der Waals surface area (Å²) in [5, 5.41) is 6.59. The minimum absolute atomic E-state index is 0.0110. The van der Waals surface area contributed by atoms with E-state index in [0.29, 0.717) is 37.8 Å². The van der Waals surface area contributed by atoms with Gasteiger partial charge in [0.25, 0.3) is 0 Å². The summed E-state index contributed by atoms with van der Waals surface area (Å²) in [5.74, 6) is 0.437. The van der Waals surface area contributed by atoms with Gasteiger partial charge in [0.15, 0.2) is 5.82 Å². The summed E-state index contributed by atoms with van der Waals surface area (Å²) in [4.78, 5) is 34.2. The van der Waals surface area contributed by atoms with Crippen LogP contribution in [-0.2, 0) is 33.9 Å². The number of pyridine rings is 1. The van der Waals surface area contributed by atoms with E-state index in [-0.39, 0.29) is 30.8 Å². The summed E-state index contributed by atoms with van der Waals surface area (Å²) in [6.45, 7) is 1.58. The summed E-state index contributed by atoms with van der Waals surface area (Å²) < 4.78 is 9.98. The predicted octanol–water partition coefficient (Wildman–Crippen LogP) is 0.318. The number of hydrogen-bond acceptors (Lipinski definition) is 7. The topological polar surface area (TPSA) is 110 Å². The van der Waals surface area contributed by atoms with E-state index in [0.717, 1.165) is 5.56 Å². The highest BCUT2D eigenvalue weighted by molar-refractivity contribution is 5.89. The fourth-order valence-electron chi connectivity index (χ4n) is 2.83. The number of nitrogens with one attached hydrogen (secondary N) is 1. The Balaban J connectivity index is 1.44. The van der Waals surface area contributed by atoms with Crippen LogP contribution in [0.3, 0.4) is 0 Å². The lowest BCUT2D eigenvalue weighted by atomic mass is 10.1. The lowest BCUT2D eigenvalue weighted by molar-refractivity contribution is -0.129. The third-order valence-corrected chi connectivity index (χ3v) is 4.13. The Kier molecular flexibility index (Phi) is 5.90. The standard InChI is InChI=1S/C17H21N5O4/c1-25-11-14-20-15(26-21-14)4-7-19-17(24)13-8-16(23)22(10-13)9-12-2-5-18-6-3-12/h2-3,5-6,13H,4,7-11H2,1H3,(H,19,24). The Bertz CT molecular complexity index is 749. The quantitative estimate of drug-likeness (QED) is 0.722. The molecule has 9 nitrogen and oxygen atoms in total. The molecule has 1 unspecified atom stereocenters. The number of aromatic nitrogens is 3. The molecule has 0 radical (unpaired) electrons. The molecule has 0 spiro atoms. The minimum atomic E-state index is -0.337.